The molecule has 2 amide bonds. The van der Waals surface area contributed by atoms with Crippen LogP contribution in [0.1, 0.15) is 37.0 Å². The first-order valence-corrected chi connectivity index (χ1v) is 13.2. The molecule has 0 saturated carbocycles. The van der Waals surface area contributed by atoms with E-state index < -0.39 is 33.9 Å². The van der Waals surface area contributed by atoms with Gasteiger partial charge in [-0.1, -0.05) is 68.4 Å². The molecule has 2 unspecified atom stereocenters. The smallest absolute Gasteiger partial charge is 0.245 e. The lowest BCUT2D eigenvalue weighted by Gasteiger charge is -2.24. The van der Waals surface area contributed by atoms with Gasteiger partial charge in [0.05, 0.1) is 12.4 Å². The Morgan fingerprint density at radius 3 is 2.17 bits per heavy atom. The zero-order chi connectivity index (χ0) is 26.7. The fourth-order valence-electron chi connectivity index (χ4n) is 3.47. The van der Waals surface area contributed by atoms with Gasteiger partial charge in [-0.3, -0.25) is 15.0 Å². The van der Waals surface area contributed by atoms with Crippen molar-refractivity contribution in [3.63, 3.8) is 0 Å². The number of benzene rings is 2. The fraction of sp³-hybridized carbons (Fsp3) is 0.400. The van der Waals surface area contributed by atoms with E-state index in [4.69, 9.17) is 15.9 Å². The molecule has 0 heterocycles. The summed E-state index contributed by atoms with van der Waals surface area (Å²) in [6, 6.07) is 13.4. The quantitative estimate of drug-likeness (QED) is 0.187. The van der Waals surface area contributed by atoms with E-state index in [2.05, 4.69) is 15.4 Å². The zero-order valence-electron chi connectivity index (χ0n) is 20.8. The van der Waals surface area contributed by atoms with Crippen molar-refractivity contribution < 1.29 is 22.7 Å². The van der Waals surface area contributed by atoms with Gasteiger partial charge in [0, 0.05) is 19.2 Å². The normalized spacial score (nSPS) is 13.1. The standard InChI is InChI=1S/C25H35N5O5S/c1-17(2)13-21(30-36(33,34)16-19-7-5-4-6-8-19)25(32)29-22(15-35-3)24(31)28-14-18-9-11-20(12-10-18)23(26)27/h4-12,17,21-22,30H,13-16H2,1-3H3,(H3,26,27)(H,28,31)(H,29,32). The summed E-state index contributed by atoms with van der Waals surface area (Å²) in [5, 5.41) is 12.8. The highest BCUT2D eigenvalue weighted by molar-refractivity contribution is 7.88. The van der Waals surface area contributed by atoms with Crippen molar-refractivity contribution in [3.8, 4) is 0 Å². The molecule has 0 bridgehead atoms. The number of methoxy groups -OCH3 is 1. The predicted molar refractivity (Wildman–Crippen MR) is 139 cm³/mol. The van der Waals surface area contributed by atoms with Gasteiger partial charge in [-0.2, -0.15) is 0 Å². The van der Waals surface area contributed by atoms with Crippen LogP contribution in [0.3, 0.4) is 0 Å². The first-order valence-electron chi connectivity index (χ1n) is 11.5. The molecule has 0 spiro atoms. The Balaban J connectivity index is 2.05. The lowest BCUT2D eigenvalue weighted by molar-refractivity contribution is -0.131. The third-order valence-electron chi connectivity index (χ3n) is 5.24. The number of amides is 2. The molecule has 0 radical (unpaired) electrons. The number of nitrogens with one attached hydrogen (secondary N) is 4. The van der Waals surface area contributed by atoms with Crippen LogP contribution in [-0.4, -0.2) is 51.9 Å². The summed E-state index contributed by atoms with van der Waals surface area (Å²) in [4.78, 5) is 25.9. The molecule has 196 valence electrons. The van der Waals surface area contributed by atoms with E-state index in [0.717, 1.165) is 5.56 Å². The summed E-state index contributed by atoms with van der Waals surface area (Å²) in [6.07, 6.45) is 0.254. The van der Waals surface area contributed by atoms with Crippen molar-refractivity contribution in [3.05, 3.63) is 71.3 Å². The molecule has 2 rings (SSSR count). The summed E-state index contributed by atoms with van der Waals surface area (Å²) in [5.41, 5.74) is 7.40. The Kier molecular flexibility index (Phi) is 11.0. The van der Waals surface area contributed by atoms with Crippen molar-refractivity contribution in [1.82, 2.24) is 15.4 Å². The first kappa shape index (κ1) is 29.0. The zero-order valence-corrected chi connectivity index (χ0v) is 21.6. The topological polar surface area (TPSA) is 163 Å². The molecule has 0 saturated heterocycles. The molecular weight excluding hydrogens is 482 g/mol. The third-order valence-corrected chi connectivity index (χ3v) is 6.60. The Labute approximate surface area is 212 Å². The molecule has 2 aromatic rings. The number of hydrogen-bond acceptors (Lipinski definition) is 6. The molecule has 0 aliphatic heterocycles. The maximum absolute atomic E-state index is 13.1. The number of nitrogen functional groups attached to an aromatic ring is 1. The number of sulfonamides is 1. The number of ether oxygens (including phenoxy) is 1. The maximum atomic E-state index is 13.1. The van der Waals surface area contributed by atoms with Crippen molar-refractivity contribution >= 4 is 27.7 Å². The van der Waals surface area contributed by atoms with Crippen LogP contribution in [0.2, 0.25) is 0 Å². The molecular formula is C25H35N5O5S. The minimum atomic E-state index is -3.82. The summed E-state index contributed by atoms with van der Waals surface area (Å²) in [5.74, 6) is -1.38. The highest BCUT2D eigenvalue weighted by atomic mass is 32.2. The lowest BCUT2D eigenvalue weighted by atomic mass is 10.0. The van der Waals surface area contributed by atoms with Crippen LogP contribution in [0.25, 0.3) is 0 Å². The molecule has 11 heteroatoms. The number of hydrogen-bond donors (Lipinski definition) is 5. The molecule has 0 aliphatic carbocycles. The highest BCUT2D eigenvalue weighted by Gasteiger charge is 2.29. The van der Waals surface area contributed by atoms with Crippen LogP contribution in [0.5, 0.6) is 0 Å². The summed E-state index contributed by atoms with van der Waals surface area (Å²) in [7, 11) is -2.41. The van der Waals surface area contributed by atoms with Crippen LogP contribution in [0.15, 0.2) is 54.6 Å². The monoisotopic (exact) mass is 517 g/mol. The van der Waals surface area contributed by atoms with Crippen molar-refractivity contribution in [2.24, 2.45) is 11.7 Å². The second-order valence-electron chi connectivity index (χ2n) is 8.89. The van der Waals surface area contributed by atoms with Crippen LogP contribution in [0, 0.1) is 11.3 Å². The van der Waals surface area contributed by atoms with Gasteiger partial charge in [-0.05, 0) is 23.5 Å². The van der Waals surface area contributed by atoms with Crippen LogP contribution in [-0.2, 0) is 36.6 Å². The minimum absolute atomic E-state index is 0.0212. The Morgan fingerprint density at radius 1 is 0.972 bits per heavy atom. The summed E-state index contributed by atoms with van der Waals surface area (Å²) < 4.78 is 33.1. The Morgan fingerprint density at radius 2 is 1.61 bits per heavy atom. The molecule has 10 nitrogen and oxygen atoms in total. The van der Waals surface area contributed by atoms with Crippen molar-refractivity contribution in [1.29, 1.82) is 5.41 Å². The number of carbonyl (C=O) groups excluding carboxylic acids is 2. The van der Waals surface area contributed by atoms with E-state index in [-0.39, 0.29) is 37.1 Å². The van der Waals surface area contributed by atoms with E-state index in [1.807, 2.05) is 13.8 Å². The maximum Gasteiger partial charge on any atom is 0.245 e. The largest absolute Gasteiger partial charge is 0.384 e. The van der Waals surface area contributed by atoms with Crippen molar-refractivity contribution in [2.75, 3.05) is 13.7 Å². The first-order chi connectivity index (χ1) is 17.0. The van der Waals surface area contributed by atoms with E-state index in [1.54, 1.807) is 54.6 Å². The molecule has 0 aliphatic rings. The second kappa shape index (κ2) is 13.7. The average Bonchev–Trinajstić information content (AvgIpc) is 2.81. The van der Waals surface area contributed by atoms with E-state index in [9.17, 15) is 18.0 Å². The third kappa shape index (κ3) is 9.76. The number of nitrogens with two attached hydrogens (primary N) is 1. The van der Waals surface area contributed by atoms with Gasteiger partial charge in [0.25, 0.3) is 0 Å². The van der Waals surface area contributed by atoms with Gasteiger partial charge in [0.2, 0.25) is 21.8 Å². The van der Waals surface area contributed by atoms with E-state index >= 15 is 0 Å². The van der Waals surface area contributed by atoms with Crippen molar-refractivity contribution in [2.45, 2.75) is 44.6 Å². The lowest BCUT2D eigenvalue weighted by Crippen LogP contribution is -2.55. The van der Waals surface area contributed by atoms with Gasteiger partial charge in [-0.25, -0.2) is 13.1 Å². The number of carbonyl (C=O) groups is 2. The second-order valence-corrected chi connectivity index (χ2v) is 10.6. The fourth-order valence-corrected chi connectivity index (χ4v) is 4.82. The molecule has 2 aromatic carbocycles. The summed E-state index contributed by atoms with van der Waals surface area (Å²) >= 11 is 0. The van der Waals surface area contributed by atoms with Gasteiger partial charge in [-0.15, -0.1) is 0 Å². The van der Waals surface area contributed by atoms with E-state index in [1.165, 1.54) is 7.11 Å². The Hall–Kier alpha value is -3.28. The highest BCUT2D eigenvalue weighted by Crippen LogP contribution is 2.10. The Bertz CT molecular complexity index is 1120. The molecule has 0 aromatic heterocycles. The number of amidine groups is 1. The molecule has 6 N–H and O–H groups in total. The van der Waals surface area contributed by atoms with Gasteiger partial charge in [0.15, 0.2) is 0 Å². The minimum Gasteiger partial charge on any atom is -0.384 e. The SMILES string of the molecule is COCC(NC(=O)C(CC(C)C)NS(=O)(=O)Cc1ccccc1)C(=O)NCc1ccc(C(=N)N)cc1. The van der Waals surface area contributed by atoms with Crippen LogP contribution < -0.4 is 21.1 Å². The summed E-state index contributed by atoms with van der Waals surface area (Å²) in [6.45, 7) is 3.85. The predicted octanol–water partition coefficient (Wildman–Crippen LogP) is 1.25. The van der Waals surface area contributed by atoms with Crippen LogP contribution >= 0.6 is 0 Å². The molecule has 36 heavy (non-hydrogen) atoms. The average molecular weight is 518 g/mol. The van der Waals surface area contributed by atoms with Gasteiger partial charge < -0.3 is 21.1 Å². The van der Waals surface area contributed by atoms with Crippen LogP contribution in [0.4, 0.5) is 0 Å². The van der Waals surface area contributed by atoms with Gasteiger partial charge >= 0.3 is 0 Å². The number of rotatable bonds is 14. The molecule has 2 atom stereocenters. The van der Waals surface area contributed by atoms with E-state index in [0.29, 0.717) is 11.1 Å². The van der Waals surface area contributed by atoms with Gasteiger partial charge in [0.1, 0.15) is 17.9 Å². The molecule has 0 fully saturated rings.